The second-order valence-corrected chi connectivity index (χ2v) is 11.2. The molecule has 1 atom stereocenters. The molecule has 3 aromatic carbocycles. The van der Waals surface area contributed by atoms with Crippen LogP contribution in [0.2, 0.25) is 0 Å². The van der Waals surface area contributed by atoms with Gasteiger partial charge in [-0.25, -0.2) is 8.42 Å². The van der Waals surface area contributed by atoms with Gasteiger partial charge in [-0.2, -0.15) is 4.31 Å². The second kappa shape index (κ2) is 13.8. The molecule has 0 bridgehead atoms. The van der Waals surface area contributed by atoms with E-state index in [1.807, 2.05) is 66.7 Å². The molecule has 3 aromatic rings. The minimum atomic E-state index is -3.62. The van der Waals surface area contributed by atoms with Crippen molar-refractivity contribution in [1.29, 1.82) is 0 Å². The van der Waals surface area contributed by atoms with Crippen molar-refractivity contribution in [3.05, 3.63) is 95.6 Å². The molecule has 2 amide bonds. The van der Waals surface area contributed by atoms with Crippen LogP contribution in [0.5, 0.6) is 11.5 Å². The molecule has 0 aliphatic carbocycles. The molecule has 208 valence electrons. The number of para-hydroxylation sites is 1. The smallest absolute Gasteiger partial charge is 0.243 e. The van der Waals surface area contributed by atoms with Crippen molar-refractivity contribution in [2.24, 2.45) is 0 Å². The summed E-state index contributed by atoms with van der Waals surface area (Å²) >= 11 is 0. The Balaban J connectivity index is 1.96. The summed E-state index contributed by atoms with van der Waals surface area (Å²) in [5.74, 6) is 0.433. The van der Waals surface area contributed by atoms with Crippen molar-refractivity contribution in [2.45, 2.75) is 25.6 Å². The molecule has 0 saturated heterocycles. The molecule has 10 heteroatoms. The number of benzene rings is 3. The van der Waals surface area contributed by atoms with E-state index in [-0.39, 0.29) is 25.4 Å². The summed E-state index contributed by atoms with van der Waals surface area (Å²) in [7, 11) is 0.848. The lowest BCUT2D eigenvalue weighted by molar-refractivity contribution is -0.141. The van der Waals surface area contributed by atoms with Gasteiger partial charge in [0.1, 0.15) is 17.5 Å². The van der Waals surface area contributed by atoms with E-state index in [0.717, 1.165) is 27.3 Å². The zero-order valence-electron chi connectivity index (χ0n) is 22.7. The lowest BCUT2D eigenvalue weighted by atomic mass is 10.0. The van der Waals surface area contributed by atoms with Crippen LogP contribution >= 0.6 is 0 Å². The van der Waals surface area contributed by atoms with Crippen molar-refractivity contribution in [3.63, 3.8) is 0 Å². The van der Waals surface area contributed by atoms with E-state index in [1.165, 1.54) is 11.9 Å². The standard InChI is InChI=1S/C29H35N3O6S/c1-31(39(4,35)36)21-28(33)32(20-23-14-16-25(37-2)17-15-23)26(18-22-10-6-5-7-11-22)29(34)30-19-24-12-8-9-13-27(24)38-3/h5-17,26H,18-21H2,1-4H3,(H,30,34)/t26-/m1/s1. The van der Waals surface area contributed by atoms with Gasteiger partial charge >= 0.3 is 0 Å². The third-order valence-electron chi connectivity index (χ3n) is 6.35. The van der Waals surface area contributed by atoms with E-state index in [0.29, 0.717) is 11.5 Å². The third kappa shape index (κ3) is 8.56. The number of nitrogens with zero attached hydrogens (tertiary/aromatic N) is 2. The highest BCUT2D eigenvalue weighted by molar-refractivity contribution is 7.88. The van der Waals surface area contributed by atoms with Gasteiger partial charge in [0.25, 0.3) is 0 Å². The highest BCUT2D eigenvalue weighted by Gasteiger charge is 2.32. The lowest BCUT2D eigenvalue weighted by Gasteiger charge is -2.32. The first-order chi connectivity index (χ1) is 18.6. The molecule has 1 N–H and O–H groups in total. The molecule has 0 aromatic heterocycles. The molecule has 0 spiro atoms. The minimum Gasteiger partial charge on any atom is -0.497 e. The summed E-state index contributed by atoms with van der Waals surface area (Å²) in [6.45, 7) is -0.109. The van der Waals surface area contributed by atoms with Gasteiger partial charge in [0.2, 0.25) is 21.8 Å². The maximum atomic E-state index is 13.7. The molecule has 0 aliphatic rings. The van der Waals surface area contributed by atoms with Crippen molar-refractivity contribution in [3.8, 4) is 11.5 Å². The number of likely N-dealkylation sites (N-methyl/N-ethyl adjacent to an activating group) is 1. The van der Waals surface area contributed by atoms with Crippen LogP contribution in [0.3, 0.4) is 0 Å². The number of ether oxygens (including phenoxy) is 2. The van der Waals surface area contributed by atoms with Crippen LogP contribution < -0.4 is 14.8 Å². The van der Waals surface area contributed by atoms with E-state index < -0.39 is 28.5 Å². The van der Waals surface area contributed by atoms with Crippen LogP contribution in [0, 0.1) is 0 Å². The number of carbonyl (C=O) groups is 2. The van der Waals surface area contributed by atoms with Gasteiger partial charge in [-0.15, -0.1) is 0 Å². The molecule has 0 unspecified atom stereocenters. The van der Waals surface area contributed by atoms with Gasteiger partial charge in [-0.05, 0) is 29.3 Å². The molecule has 39 heavy (non-hydrogen) atoms. The summed E-state index contributed by atoms with van der Waals surface area (Å²) < 4.78 is 35.8. The van der Waals surface area contributed by atoms with Gasteiger partial charge in [0.15, 0.2) is 0 Å². The zero-order valence-corrected chi connectivity index (χ0v) is 23.5. The Hall–Kier alpha value is -3.89. The Morgan fingerprint density at radius 3 is 2.13 bits per heavy atom. The quantitative estimate of drug-likeness (QED) is 0.349. The number of rotatable bonds is 13. The second-order valence-electron chi connectivity index (χ2n) is 9.12. The molecule has 0 heterocycles. The fourth-order valence-electron chi connectivity index (χ4n) is 4.03. The number of carbonyl (C=O) groups excluding carboxylic acids is 2. The summed E-state index contributed by atoms with van der Waals surface area (Å²) in [5, 5.41) is 2.95. The van der Waals surface area contributed by atoms with Gasteiger partial charge in [-0.3, -0.25) is 9.59 Å². The highest BCUT2D eigenvalue weighted by Crippen LogP contribution is 2.20. The number of hydrogen-bond donors (Lipinski definition) is 1. The van der Waals surface area contributed by atoms with Crippen LogP contribution in [-0.2, 0) is 39.1 Å². The first kappa shape index (κ1) is 29.7. The monoisotopic (exact) mass is 553 g/mol. The lowest BCUT2D eigenvalue weighted by Crippen LogP contribution is -2.52. The molecule has 3 rings (SSSR count). The van der Waals surface area contributed by atoms with Gasteiger partial charge < -0.3 is 19.7 Å². The van der Waals surface area contributed by atoms with E-state index in [1.54, 1.807) is 26.4 Å². The maximum absolute atomic E-state index is 13.7. The Labute approximate surface area is 230 Å². The van der Waals surface area contributed by atoms with Crippen LogP contribution in [0.4, 0.5) is 0 Å². The summed E-state index contributed by atoms with van der Waals surface area (Å²) in [6, 6.07) is 23.0. The Kier molecular flexibility index (Phi) is 10.5. The summed E-state index contributed by atoms with van der Waals surface area (Å²) in [4.78, 5) is 28.8. The van der Waals surface area contributed by atoms with Gasteiger partial charge in [0.05, 0.1) is 27.0 Å². The molecule has 0 radical (unpaired) electrons. The maximum Gasteiger partial charge on any atom is 0.243 e. The van der Waals surface area contributed by atoms with Crippen LogP contribution in [0.25, 0.3) is 0 Å². The Bertz CT molecular complexity index is 1350. The highest BCUT2D eigenvalue weighted by atomic mass is 32.2. The average molecular weight is 554 g/mol. The van der Waals surface area contributed by atoms with E-state index >= 15 is 0 Å². The SMILES string of the molecule is COc1ccc(CN(C(=O)CN(C)S(C)(=O)=O)[C@H](Cc2ccccc2)C(=O)NCc2ccccc2OC)cc1. The zero-order chi connectivity index (χ0) is 28.4. The van der Waals surface area contributed by atoms with E-state index in [9.17, 15) is 18.0 Å². The summed E-state index contributed by atoms with van der Waals surface area (Å²) in [6.07, 6.45) is 1.28. The third-order valence-corrected chi connectivity index (χ3v) is 7.61. The minimum absolute atomic E-state index is 0.0972. The normalized spacial score (nSPS) is 12.0. The predicted octanol–water partition coefficient (Wildman–Crippen LogP) is 2.85. The first-order valence-corrected chi connectivity index (χ1v) is 14.2. The van der Waals surface area contributed by atoms with Crippen molar-refractivity contribution in [2.75, 3.05) is 34.1 Å². The van der Waals surface area contributed by atoms with Crippen LogP contribution in [0.15, 0.2) is 78.9 Å². The molecular weight excluding hydrogens is 518 g/mol. The fourth-order valence-corrected chi connectivity index (χ4v) is 4.37. The number of methoxy groups -OCH3 is 2. The van der Waals surface area contributed by atoms with Crippen LogP contribution in [-0.4, -0.2) is 69.5 Å². The number of sulfonamides is 1. The molecular formula is C29H35N3O6S. The van der Waals surface area contributed by atoms with Gasteiger partial charge in [-0.1, -0.05) is 60.7 Å². The van der Waals surface area contributed by atoms with Crippen molar-refractivity contribution >= 4 is 21.8 Å². The largest absolute Gasteiger partial charge is 0.497 e. The molecule has 0 saturated carbocycles. The fraction of sp³-hybridized carbons (Fsp3) is 0.310. The van der Waals surface area contributed by atoms with Crippen LogP contribution in [0.1, 0.15) is 16.7 Å². The van der Waals surface area contributed by atoms with Crippen molar-refractivity contribution < 1.29 is 27.5 Å². The van der Waals surface area contributed by atoms with Gasteiger partial charge in [0, 0.05) is 32.1 Å². The van der Waals surface area contributed by atoms with E-state index in [2.05, 4.69) is 5.32 Å². The topological polar surface area (TPSA) is 105 Å². The van der Waals surface area contributed by atoms with E-state index in [4.69, 9.17) is 9.47 Å². The number of nitrogens with one attached hydrogen (secondary N) is 1. The Morgan fingerprint density at radius 2 is 1.51 bits per heavy atom. The number of hydrogen-bond acceptors (Lipinski definition) is 6. The molecule has 0 fully saturated rings. The molecule has 0 aliphatic heterocycles. The predicted molar refractivity (Wildman–Crippen MR) is 150 cm³/mol. The average Bonchev–Trinajstić information content (AvgIpc) is 2.94. The first-order valence-electron chi connectivity index (χ1n) is 12.4. The molecule has 9 nitrogen and oxygen atoms in total. The summed E-state index contributed by atoms with van der Waals surface area (Å²) in [5.41, 5.74) is 2.41. The Morgan fingerprint density at radius 1 is 0.872 bits per heavy atom. The number of amides is 2. The van der Waals surface area contributed by atoms with Crippen molar-refractivity contribution in [1.82, 2.24) is 14.5 Å².